The van der Waals surface area contributed by atoms with Crippen LogP contribution in [0.1, 0.15) is 12.8 Å². The van der Waals surface area contributed by atoms with Gasteiger partial charge < -0.3 is 5.73 Å². The molecule has 1 saturated carbocycles. The molecule has 0 radical (unpaired) electrons. The van der Waals surface area contributed by atoms with Crippen LogP contribution in [0.4, 0.5) is 0 Å². The van der Waals surface area contributed by atoms with E-state index >= 15 is 0 Å². The van der Waals surface area contributed by atoms with Crippen LogP contribution < -0.4 is 5.73 Å². The van der Waals surface area contributed by atoms with E-state index in [2.05, 4.69) is 16.0 Å². The van der Waals surface area contributed by atoms with E-state index in [0.29, 0.717) is 11.7 Å². The SMILES string of the molecule is N#CC(N)(CSc1ccncn1)C1CC1. The number of hydrogen-bond acceptors (Lipinski definition) is 5. The minimum atomic E-state index is -0.685. The fourth-order valence-electron chi connectivity index (χ4n) is 1.40. The zero-order valence-corrected chi connectivity index (χ0v) is 9.07. The molecule has 1 aliphatic carbocycles. The third kappa shape index (κ3) is 2.46. The van der Waals surface area contributed by atoms with Crippen LogP contribution in [0.25, 0.3) is 0 Å². The second-order valence-electron chi connectivity index (χ2n) is 3.76. The van der Waals surface area contributed by atoms with Crippen molar-refractivity contribution in [1.82, 2.24) is 9.97 Å². The van der Waals surface area contributed by atoms with E-state index in [9.17, 15) is 0 Å². The topological polar surface area (TPSA) is 75.6 Å². The van der Waals surface area contributed by atoms with Crippen LogP contribution in [0, 0.1) is 17.2 Å². The van der Waals surface area contributed by atoms with Crippen molar-refractivity contribution in [3.63, 3.8) is 0 Å². The zero-order chi connectivity index (χ0) is 10.7. The zero-order valence-electron chi connectivity index (χ0n) is 8.26. The van der Waals surface area contributed by atoms with Crippen molar-refractivity contribution in [3.05, 3.63) is 18.6 Å². The van der Waals surface area contributed by atoms with Gasteiger partial charge in [0.05, 0.1) is 11.1 Å². The Kier molecular flexibility index (Phi) is 2.89. The van der Waals surface area contributed by atoms with Crippen LogP contribution >= 0.6 is 11.8 Å². The Labute approximate surface area is 92.9 Å². The van der Waals surface area contributed by atoms with Gasteiger partial charge in [0.15, 0.2) is 0 Å². The molecule has 0 bridgehead atoms. The number of aromatic nitrogens is 2. The molecule has 4 nitrogen and oxygen atoms in total. The summed E-state index contributed by atoms with van der Waals surface area (Å²) in [7, 11) is 0. The summed E-state index contributed by atoms with van der Waals surface area (Å²) in [5.74, 6) is 0.974. The van der Waals surface area contributed by atoms with Gasteiger partial charge >= 0.3 is 0 Å². The van der Waals surface area contributed by atoms with E-state index < -0.39 is 5.54 Å². The molecule has 1 aliphatic rings. The lowest BCUT2D eigenvalue weighted by Crippen LogP contribution is -2.43. The first-order valence-electron chi connectivity index (χ1n) is 4.83. The smallest absolute Gasteiger partial charge is 0.116 e. The molecule has 1 aromatic heterocycles. The lowest BCUT2D eigenvalue weighted by molar-refractivity contribution is 0.532. The molecule has 0 amide bonds. The highest BCUT2D eigenvalue weighted by molar-refractivity contribution is 7.99. The van der Waals surface area contributed by atoms with Gasteiger partial charge in [-0.25, -0.2) is 9.97 Å². The lowest BCUT2D eigenvalue weighted by atomic mass is 10.00. The summed E-state index contributed by atoms with van der Waals surface area (Å²) in [6, 6.07) is 4.05. The van der Waals surface area contributed by atoms with Crippen LogP contribution in [0.5, 0.6) is 0 Å². The number of hydrogen-bond donors (Lipinski definition) is 1. The predicted octanol–water partition coefficient (Wildman–Crippen LogP) is 1.20. The van der Waals surface area contributed by atoms with Gasteiger partial charge in [0.2, 0.25) is 0 Å². The third-order valence-electron chi connectivity index (χ3n) is 2.53. The van der Waals surface area contributed by atoms with Crippen LogP contribution in [-0.4, -0.2) is 21.3 Å². The molecule has 5 heteroatoms. The molecule has 2 N–H and O–H groups in total. The van der Waals surface area contributed by atoms with E-state index in [1.165, 1.54) is 18.1 Å². The maximum absolute atomic E-state index is 9.05. The van der Waals surface area contributed by atoms with Crippen molar-refractivity contribution in [2.24, 2.45) is 11.7 Å². The number of nitriles is 1. The van der Waals surface area contributed by atoms with Gasteiger partial charge in [-0.15, -0.1) is 11.8 Å². The molecular formula is C10H12N4S. The quantitative estimate of drug-likeness (QED) is 0.609. The van der Waals surface area contributed by atoms with Gasteiger partial charge in [-0.05, 0) is 24.8 Å². The number of nitrogens with zero attached hydrogens (tertiary/aromatic N) is 3. The Morgan fingerprint density at radius 1 is 1.67 bits per heavy atom. The summed E-state index contributed by atoms with van der Waals surface area (Å²) in [4.78, 5) is 7.92. The van der Waals surface area contributed by atoms with E-state index in [4.69, 9.17) is 11.0 Å². The van der Waals surface area contributed by atoms with Gasteiger partial charge in [0.25, 0.3) is 0 Å². The van der Waals surface area contributed by atoms with E-state index in [-0.39, 0.29) is 0 Å². The second kappa shape index (κ2) is 4.17. The fraction of sp³-hybridized carbons (Fsp3) is 0.500. The first kappa shape index (κ1) is 10.4. The summed E-state index contributed by atoms with van der Waals surface area (Å²) in [6.45, 7) is 0. The second-order valence-corrected chi connectivity index (χ2v) is 4.76. The minimum Gasteiger partial charge on any atom is -0.312 e. The van der Waals surface area contributed by atoms with Crippen LogP contribution in [0.3, 0.4) is 0 Å². The van der Waals surface area contributed by atoms with Gasteiger partial charge in [-0.2, -0.15) is 5.26 Å². The Hall–Kier alpha value is -1.12. The molecule has 2 rings (SSSR count). The normalized spacial score (nSPS) is 19.2. The molecular weight excluding hydrogens is 208 g/mol. The third-order valence-corrected chi connectivity index (χ3v) is 3.69. The van der Waals surface area contributed by atoms with E-state index in [1.807, 2.05) is 6.07 Å². The van der Waals surface area contributed by atoms with Crippen molar-refractivity contribution >= 4 is 11.8 Å². The van der Waals surface area contributed by atoms with E-state index in [1.54, 1.807) is 6.20 Å². The fourth-order valence-corrected chi connectivity index (χ4v) is 2.36. The minimum absolute atomic E-state index is 0.372. The average molecular weight is 220 g/mol. The standard InChI is InChI=1S/C10H12N4S/c11-5-10(12,8-1-2-8)6-15-9-3-4-13-7-14-9/h3-4,7-8H,1-2,6,12H2. The molecule has 1 heterocycles. The number of thioether (sulfide) groups is 1. The molecule has 1 fully saturated rings. The Balaban J connectivity index is 1.95. The molecule has 0 spiro atoms. The molecule has 1 aromatic rings. The highest BCUT2D eigenvalue weighted by atomic mass is 32.2. The van der Waals surface area contributed by atoms with Crippen molar-refractivity contribution in [2.75, 3.05) is 5.75 Å². The van der Waals surface area contributed by atoms with Crippen molar-refractivity contribution in [1.29, 1.82) is 5.26 Å². The molecule has 1 unspecified atom stereocenters. The van der Waals surface area contributed by atoms with Gasteiger partial charge in [-0.3, -0.25) is 0 Å². The summed E-state index contributed by atoms with van der Waals surface area (Å²) < 4.78 is 0. The maximum Gasteiger partial charge on any atom is 0.116 e. The van der Waals surface area contributed by atoms with Gasteiger partial charge in [0.1, 0.15) is 11.9 Å². The Morgan fingerprint density at radius 3 is 3.00 bits per heavy atom. The van der Waals surface area contributed by atoms with Gasteiger partial charge in [0, 0.05) is 11.9 Å². The highest BCUT2D eigenvalue weighted by Crippen LogP contribution is 2.40. The highest BCUT2D eigenvalue weighted by Gasteiger charge is 2.42. The summed E-state index contributed by atoms with van der Waals surface area (Å²) >= 11 is 1.52. The maximum atomic E-state index is 9.05. The average Bonchev–Trinajstić information content (AvgIpc) is 3.11. The van der Waals surface area contributed by atoms with Crippen LogP contribution in [0.15, 0.2) is 23.6 Å². The predicted molar refractivity (Wildman–Crippen MR) is 58.0 cm³/mol. The van der Waals surface area contributed by atoms with Gasteiger partial charge in [-0.1, -0.05) is 0 Å². The lowest BCUT2D eigenvalue weighted by Gasteiger charge is -2.19. The molecule has 0 aromatic carbocycles. The summed E-state index contributed by atoms with van der Waals surface area (Å²) in [6.07, 6.45) is 5.35. The molecule has 78 valence electrons. The molecule has 15 heavy (non-hydrogen) atoms. The Bertz CT molecular complexity index is 371. The molecule has 1 atom stereocenters. The van der Waals surface area contributed by atoms with Crippen LogP contribution in [0.2, 0.25) is 0 Å². The number of nitrogens with two attached hydrogens (primary N) is 1. The largest absolute Gasteiger partial charge is 0.312 e. The summed E-state index contributed by atoms with van der Waals surface area (Å²) in [5.41, 5.74) is 5.34. The monoisotopic (exact) mass is 220 g/mol. The number of rotatable bonds is 4. The van der Waals surface area contributed by atoms with Crippen molar-refractivity contribution < 1.29 is 0 Å². The van der Waals surface area contributed by atoms with Crippen molar-refractivity contribution in [3.8, 4) is 6.07 Å². The first-order valence-corrected chi connectivity index (χ1v) is 5.82. The summed E-state index contributed by atoms with van der Waals surface area (Å²) in [5, 5.41) is 9.92. The Morgan fingerprint density at radius 2 is 2.47 bits per heavy atom. The molecule has 0 saturated heterocycles. The van der Waals surface area contributed by atoms with E-state index in [0.717, 1.165) is 17.9 Å². The van der Waals surface area contributed by atoms with Crippen LogP contribution in [-0.2, 0) is 0 Å². The van der Waals surface area contributed by atoms with Crippen molar-refractivity contribution in [2.45, 2.75) is 23.4 Å². The molecule has 0 aliphatic heterocycles. The first-order chi connectivity index (χ1) is 7.24.